The molecule has 0 saturated carbocycles. The summed E-state index contributed by atoms with van der Waals surface area (Å²) in [5, 5.41) is 12.5. The Morgan fingerprint density at radius 3 is 2.44 bits per heavy atom. The van der Waals surface area contributed by atoms with Gasteiger partial charge in [0.25, 0.3) is 0 Å². The van der Waals surface area contributed by atoms with E-state index in [1.54, 1.807) is 24.3 Å². The normalized spacial score (nSPS) is 15.9. The number of rotatable bonds is 5. The van der Waals surface area contributed by atoms with Gasteiger partial charge in [0, 0.05) is 24.7 Å². The average Bonchev–Trinajstić information content (AvgIpc) is 2.96. The summed E-state index contributed by atoms with van der Waals surface area (Å²) < 4.78 is 1.47. The highest BCUT2D eigenvalue weighted by Crippen LogP contribution is 2.25. The van der Waals surface area contributed by atoms with Crippen molar-refractivity contribution >= 4 is 35.0 Å². The Morgan fingerprint density at radius 1 is 1.22 bits per heavy atom. The molecular formula is C18H22N6O3. The van der Waals surface area contributed by atoms with Crippen LogP contribution in [0.2, 0.25) is 0 Å². The second kappa shape index (κ2) is 7.56. The highest BCUT2D eigenvalue weighted by atomic mass is 16.2. The molecule has 3 rings (SSSR count). The molecule has 1 aliphatic rings. The molecule has 0 radical (unpaired) electrons. The van der Waals surface area contributed by atoms with Crippen molar-refractivity contribution in [3.05, 3.63) is 30.1 Å². The van der Waals surface area contributed by atoms with E-state index in [0.29, 0.717) is 35.5 Å². The maximum Gasteiger partial charge on any atom is 0.249 e. The predicted molar refractivity (Wildman–Crippen MR) is 100 cm³/mol. The second-order valence-electron chi connectivity index (χ2n) is 6.91. The monoisotopic (exact) mass is 370 g/mol. The number of fused-ring (bicyclic) bond motifs is 1. The Hall–Kier alpha value is -3.23. The summed E-state index contributed by atoms with van der Waals surface area (Å²) in [4.78, 5) is 40.1. The molecule has 0 spiro atoms. The number of hydrogen-bond acceptors (Lipinski definition) is 5. The standard InChI is InChI=1S/C18H22N6O3/c1-10(2)8-15-21-18-22-16(26)9-14(24(18)23-15)17(27)20-13-6-4-12(5-7-13)19-11(3)25/h4-7,10,14H,8-9H2,1-3H3,(H,19,25)(H,20,27)(H,21,22,23,26)/t14-/m1/s1. The van der Waals surface area contributed by atoms with Crippen LogP contribution in [-0.4, -0.2) is 32.5 Å². The predicted octanol–water partition coefficient (Wildman–Crippen LogP) is 1.96. The lowest BCUT2D eigenvalue weighted by molar-refractivity contribution is -0.125. The van der Waals surface area contributed by atoms with Crippen LogP contribution in [0.1, 0.15) is 39.1 Å². The summed E-state index contributed by atoms with van der Waals surface area (Å²) in [6, 6.07) is 5.97. The van der Waals surface area contributed by atoms with Gasteiger partial charge in [-0.1, -0.05) is 13.8 Å². The third-order valence-electron chi connectivity index (χ3n) is 3.97. The number of amides is 3. The maximum atomic E-state index is 12.7. The minimum atomic E-state index is -0.766. The molecule has 142 valence electrons. The van der Waals surface area contributed by atoms with Gasteiger partial charge in [-0.05, 0) is 30.2 Å². The zero-order chi connectivity index (χ0) is 19.6. The molecule has 3 N–H and O–H groups in total. The SMILES string of the molecule is CC(=O)Nc1ccc(NC(=O)[C@H]2CC(=O)Nc3nc(CC(C)C)nn32)cc1. The Labute approximate surface area is 156 Å². The van der Waals surface area contributed by atoms with Gasteiger partial charge in [-0.25, -0.2) is 4.68 Å². The quantitative estimate of drug-likeness (QED) is 0.743. The van der Waals surface area contributed by atoms with Gasteiger partial charge < -0.3 is 10.6 Å². The maximum absolute atomic E-state index is 12.7. The molecular weight excluding hydrogens is 348 g/mol. The molecule has 1 aromatic carbocycles. The summed E-state index contributed by atoms with van der Waals surface area (Å²) in [6.07, 6.45) is 0.655. The number of anilines is 3. The molecule has 0 bridgehead atoms. The first kappa shape index (κ1) is 18.6. The largest absolute Gasteiger partial charge is 0.326 e. The van der Waals surface area contributed by atoms with Crippen molar-refractivity contribution in [1.82, 2.24) is 14.8 Å². The first-order valence-corrected chi connectivity index (χ1v) is 8.75. The number of benzene rings is 1. The van der Waals surface area contributed by atoms with E-state index in [-0.39, 0.29) is 24.1 Å². The van der Waals surface area contributed by atoms with E-state index < -0.39 is 6.04 Å². The van der Waals surface area contributed by atoms with Gasteiger partial charge in [-0.3, -0.25) is 19.7 Å². The lowest BCUT2D eigenvalue weighted by Crippen LogP contribution is -2.36. The fourth-order valence-electron chi connectivity index (χ4n) is 2.83. The average molecular weight is 370 g/mol. The van der Waals surface area contributed by atoms with Crippen LogP contribution in [0, 0.1) is 5.92 Å². The summed E-state index contributed by atoms with van der Waals surface area (Å²) >= 11 is 0. The molecule has 9 heteroatoms. The Kier molecular flexibility index (Phi) is 5.20. The van der Waals surface area contributed by atoms with E-state index in [9.17, 15) is 14.4 Å². The molecule has 0 saturated heterocycles. The van der Waals surface area contributed by atoms with Crippen LogP contribution in [-0.2, 0) is 20.8 Å². The van der Waals surface area contributed by atoms with E-state index in [1.165, 1.54) is 11.6 Å². The number of carbonyl (C=O) groups is 3. The molecule has 0 fully saturated rings. The number of carbonyl (C=O) groups excluding carboxylic acids is 3. The van der Waals surface area contributed by atoms with Crippen molar-refractivity contribution in [3.63, 3.8) is 0 Å². The van der Waals surface area contributed by atoms with Crippen LogP contribution in [0.25, 0.3) is 0 Å². The van der Waals surface area contributed by atoms with Crippen LogP contribution >= 0.6 is 0 Å². The van der Waals surface area contributed by atoms with Gasteiger partial charge in [-0.15, -0.1) is 0 Å². The molecule has 27 heavy (non-hydrogen) atoms. The molecule has 2 heterocycles. The summed E-state index contributed by atoms with van der Waals surface area (Å²) in [5.41, 5.74) is 1.19. The zero-order valence-electron chi connectivity index (χ0n) is 15.4. The fourth-order valence-corrected chi connectivity index (χ4v) is 2.83. The van der Waals surface area contributed by atoms with Crippen molar-refractivity contribution in [2.24, 2.45) is 5.92 Å². The van der Waals surface area contributed by atoms with Crippen LogP contribution in [0.4, 0.5) is 17.3 Å². The first-order valence-electron chi connectivity index (χ1n) is 8.75. The molecule has 3 amide bonds. The highest BCUT2D eigenvalue weighted by Gasteiger charge is 2.33. The van der Waals surface area contributed by atoms with Crippen LogP contribution in [0.3, 0.4) is 0 Å². The molecule has 9 nitrogen and oxygen atoms in total. The number of hydrogen-bond donors (Lipinski definition) is 3. The minimum Gasteiger partial charge on any atom is -0.326 e. The fraction of sp³-hybridized carbons (Fsp3) is 0.389. The third kappa shape index (κ3) is 4.49. The Morgan fingerprint density at radius 2 is 1.85 bits per heavy atom. The van der Waals surface area contributed by atoms with Crippen molar-refractivity contribution in [2.45, 2.75) is 39.7 Å². The van der Waals surface area contributed by atoms with E-state index in [4.69, 9.17) is 0 Å². The van der Waals surface area contributed by atoms with E-state index >= 15 is 0 Å². The molecule has 1 aliphatic heterocycles. The zero-order valence-corrected chi connectivity index (χ0v) is 15.4. The van der Waals surface area contributed by atoms with Gasteiger partial charge >= 0.3 is 0 Å². The smallest absolute Gasteiger partial charge is 0.249 e. The molecule has 1 atom stereocenters. The van der Waals surface area contributed by atoms with Gasteiger partial charge in [0.2, 0.25) is 23.7 Å². The Balaban J connectivity index is 1.76. The van der Waals surface area contributed by atoms with Crippen LogP contribution in [0.5, 0.6) is 0 Å². The highest BCUT2D eigenvalue weighted by molar-refractivity contribution is 6.00. The van der Waals surface area contributed by atoms with Gasteiger partial charge in [0.15, 0.2) is 5.82 Å². The second-order valence-corrected chi connectivity index (χ2v) is 6.91. The van der Waals surface area contributed by atoms with Gasteiger partial charge in [-0.2, -0.15) is 10.1 Å². The number of nitrogens with one attached hydrogen (secondary N) is 3. The Bertz CT molecular complexity index is 872. The van der Waals surface area contributed by atoms with Crippen molar-refractivity contribution in [3.8, 4) is 0 Å². The van der Waals surface area contributed by atoms with E-state index in [0.717, 1.165) is 0 Å². The molecule has 1 aromatic heterocycles. The summed E-state index contributed by atoms with van der Waals surface area (Å²) in [6.45, 7) is 5.52. The van der Waals surface area contributed by atoms with E-state index in [2.05, 4.69) is 26.0 Å². The number of aromatic nitrogens is 3. The van der Waals surface area contributed by atoms with Crippen molar-refractivity contribution in [1.29, 1.82) is 0 Å². The molecule has 0 unspecified atom stereocenters. The van der Waals surface area contributed by atoms with Gasteiger partial charge in [0.1, 0.15) is 6.04 Å². The molecule has 0 aliphatic carbocycles. The summed E-state index contributed by atoms with van der Waals surface area (Å²) in [7, 11) is 0. The first-order chi connectivity index (χ1) is 12.8. The van der Waals surface area contributed by atoms with E-state index in [1.807, 2.05) is 13.8 Å². The van der Waals surface area contributed by atoms with Crippen molar-refractivity contribution < 1.29 is 14.4 Å². The van der Waals surface area contributed by atoms with Crippen LogP contribution < -0.4 is 16.0 Å². The number of nitrogens with zero attached hydrogens (tertiary/aromatic N) is 3. The third-order valence-corrected chi connectivity index (χ3v) is 3.97. The lowest BCUT2D eigenvalue weighted by Gasteiger charge is -2.22. The summed E-state index contributed by atoms with van der Waals surface area (Å²) in [5.74, 6) is 0.463. The van der Waals surface area contributed by atoms with Gasteiger partial charge in [0.05, 0.1) is 6.42 Å². The van der Waals surface area contributed by atoms with Crippen molar-refractivity contribution in [2.75, 3.05) is 16.0 Å². The minimum absolute atomic E-state index is 0.00666. The molecule has 2 aromatic rings. The topological polar surface area (TPSA) is 118 Å². The van der Waals surface area contributed by atoms with Crippen LogP contribution in [0.15, 0.2) is 24.3 Å². The lowest BCUT2D eigenvalue weighted by atomic mass is 10.1.